The Kier molecular flexibility index (Phi) is 4.49. The number of hydrogen-bond acceptors (Lipinski definition) is 4. The minimum atomic E-state index is -0.549. The highest BCUT2D eigenvalue weighted by Gasteiger charge is 2.31. The molecule has 1 heterocycles. The van der Waals surface area contributed by atoms with Crippen LogP contribution in [0.4, 0.5) is 9.52 Å². The Morgan fingerprint density at radius 2 is 2.32 bits per heavy atom. The van der Waals surface area contributed by atoms with Gasteiger partial charge in [-0.05, 0) is 37.0 Å². The maximum absolute atomic E-state index is 13.2. The number of aliphatic hydroxyl groups is 1. The first-order chi connectivity index (χ1) is 10.6. The summed E-state index contributed by atoms with van der Waals surface area (Å²) in [6.07, 6.45) is 4.00. The SMILES string of the molecule is O=C(Nc1ncc(Cc2cccc(F)c2)s1)C1CCCC1O. The fraction of sp³-hybridized carbons (Fsp3) is 0.375. The van der Waals surface area contributed by atoms with Crippen molar-refractivity contribution >= 4 is 22.4 Å². The van der Waals surface area contributed by atoms with E-state index in [4.69, 9.17) is 0 Å². The van der Waals surface area contributed by atoms with Crippen LogP contribution < -0.4 is 5.32 Å². The smallest absolute Gasteiger partial charge is 0.231 e. The van der Waals surface area contributed by atoms with Gasteiger partial charge in [0.2, 0.25) is 5.91 Å². The van der Waals surface area contributed by atoms with E-state index in [2.05, 4.69) is 10.3 Å². The van der Waals surface area contributed by atoms with Crippen molar-refractivity contribution in [2.24, 2.45) is 5.92 Å². The normalized spacial score (nSPS) is 21.0. The number of thiazole rings is 1. The maximum atomic E-state index is 13.2. The monoisotopic (exact) mass is 320 g/mol. The Balaban J connectivity index is 1.62. The number of anilines is 1. The predicted octanol–water partition coefficient (Wildman–Crippen LogP) is 2.97. The number of carbonyl (C=O) groups excluding carboxylic acids is 1. The summed E-state index contributed by atoms with van der Waals surface area (Å²) in [5.74, 6) is -0.766. The third-order valence-corrected chi connectivity index (χ3v) is 4.78. The summed E-state index contributed by atoms with van der Waals surface area (Å²) in [4.78, 5) is 17.2. The van der Waals surface area contributed by atoms with Gasteiger partial charge in [0, 0.05) is 17.5 Å². The minimum absolute atomic E-state index is 0.170. The lowest BCUT2D eigenvalue weighted by Crippen LogP contribution is -2.28. The van der Waals surface area contributed by atoms with Crippen molar-refractivity contribution in [2.45, 2.75) is 31.8 Å². The second-order valence-corrected chi connectivity index (χ2v) is 6.65. The standard InChI is InChI=1S/C16H17FN2O2S/c17-11-4-1-3-10(7-11)8-12-9-18-16(22-12)19-15(21)13-5-2-6-14(13)20/h1,3-4,7,9,13-14,20H,2,5-6,8H2,(H,18,19,21). The van der Waals surface area contributed by atoms with Crippen LogP contribution in [-0.2, 0) is 11.2 Å². The number of nitrogens with zero attached hydrogens (tertiary/aromatic N) is 1. The van der Waals surface area contributed by atoms with Crippen LogP contribution in [0.3, 0.4) is 0 Å². The number of aliphatic hydroxyl groups excluding tert-OH is 1. The third-order valence-electron chi connectivity index (χ3n) is 3.87. The Morgan fingerprint density at radius 1 is 1.45 bits per heavy atom. The van der Waals surface area contributed by atoms with Gasteiger partial charge in [0.15, 0.2) is 5.13 Å². The Hall–Kier alpha value is -1.79. The molecule has 1 amide bonds. The lowest BCUT2D eigenvalue weighted by molar-refractivity contribution is -0.122. The summed E-state index contributed by atoms with van der Waals surface area (Å²) in [6, 6.07) is 6.44. The maximum Gasteiger partial charge on any atom is 0.231 e. The zero-order valence-corrected chi connectivity index (χ0v) is 12.8. The summed E-state index contributed by atoms with van der Waals surface area (Å²) in [5, 5.41) is 13.0. The Bertz CT molecular complexity index is 674. The molecule has 4 nitrogen and oxygen atoms in total. The minimum Gasteiger partial charge on any atom is -0.392 e. The number of nitrogens with one attached hydrogen (secondary N) is 1. The molecule has 2 unspecified atom stereocenters. The molecule has 1 aromatic carbocycles. The van der Waals surface area contributed by atoms with Crippen LogP contribution in [-0.4, -0.2) is 22.1 Å². The second kappa shape index (κ2) is 6.54. The van der Waals surface area contributed by atoms with E-state index in [9.17, 15) is 14.3 Å². The van der Waals surface area contributed by atoms with E-state index >= 15 is 0 Å². The number of halogens is 1. The van der Waals surface area contributed by atoms with Gasteiger partial charge in [-0.25, -0.2) is 9.37 Å². The molecule has 1 saturated carbocycles. The van der Waals surface area contributed by atoms with E-state index in [1.165, 1.54) is 23.5 Å². The fourth-order valence-electron chi connectivity index (χ4n) is 2.74. The molecule has 0 spiro atoms. The van der Waals surface area contributed by atoms with E-state index in [-0.39, 0.29) is 17.6 Å². The van der Waals surface area contributed by atoms with Gasteiger partial charge < -0.3 is 10.4 Å². The summed E-state index contributed by atoms with van der Waals surface area (Å²) >= 11 is 1.37. The van der Waals surface area contributed by atoms with Gasteiger partial charge >= 0.3 is 0 Å². The number of carbonyl (C=O) groups is 1. The number of rotatable bonds is 4. The van der Waals surface area contributed by atoms with Crippen molar-refractivity contribution in [1.82, 2.24) is 4.98 Å². The van der Waals surface area contributed by atoms with Crippen LogP contribution in [0.25, 0.3) is 0 Å². The van der Waals surface area contributed by atoms with Gasteiger partial charge in [0.05, 0.1) is 12.0 Å². The van der Waals surface area contributed by atoms with Crippen molar-refractivity contribution in [3.8, 4) is 0 Å². The molecule has 2 N–H and O–H groups in total. The first-order valence-electron chi connectivity index (χ1n) is 7.30. The summed E-state index contributed by atoms with van der Waals surface area (Å²) < 4.78 is 13.2. The van der Waals surface area contributed by atoms with Crippen LogP contribution in [0.1, 0.15) is 29.7 Å². The zero-order valence-electron chi connectivity index (χ0n) is 12.0. The van der Waals surface area contributed by atoms with Crippen LogP contribution in [0, 0.1) is 11.7 Å². The first kappa shape index (κ1) is 15.1. The molecule has 1 fully saturated rings. The van der Waals surface area contributed by atoms with E-state index < -0.39 is 6.10 Å². The number of benzene rings is 1. The van der Waals surface area contributed by atoms with Crippen molar-refractivity contribution in [3.05, 3.63) is 46.7 Å². The summed E-state index contributed by atoms with van der Waals surface area (Å²) in [7, 11) is 0. The van der Waals surface area contributed by atoms with E-state index in [0.29, 0.717) is 24.4 Å². The summed E-state index contributed by atoms with van der Waals surface area (Å²) in [5.41, 5.74) is 0.868. The second-order valence-electron chi connectivity index (χ2n) is 5.53. The molecule has 0 saturated heterocycles. The van der Waals surface area contributed by atoms with E-state index in [1.54, 1.807) is 12.3 Å². The van der Waals surface area contributed by atoms with Gasteiger partial charge in [0.25, 0.3) is 0 Å². The lowest BCUT2D eigenvalue weighted by Gasteiger charge is -2.12. The van der Waals surface area contributed by atoms with Gasteiger partial charge in [-0.2, -0.15) is 0 Å². The highest BCUT2D eigenvalue weighted by Crippen LogP contribution is 2.28. The molecule has 116 valence electrons. The molecule has 0 radical (unpaired) electrons. The van der Waals surface area contributed by atoms with Crippen LogP contribution in [0.5, 0.6) is 0 Å². The van der Waals surface area contributed by atoms with E-state index in [0.717, 1.165) is 16.9 Å². The largest absolute Gasteiger partial charge is 0.392 e. The van der Waals surface area contributed by atoms with Gasteiger partial charge in [-0.1, -0.05) is 12.1 Å². The van der Waals surface area contributed by atoms with Gasteiger partial charge in [-0.15, -0.1) is 11.3 Å². The van der Waals surface area contributed by atoms with Gasteiger partial charge in [-0.3, -0.25) is 4.79 Å². The molecule has 1 aliphatic rings. The molecule has 2 aromatic rings. The van der Waals surface area contributed by atoms with Crippen molar-refractivity contribution in [1.29, 1.82) is 0 Å². The lowest BCUT2D eigenvalue weighted by atomic mass is 10.1. The topological polar surface area (TPSA) is 62.2 Å². The van der Waals surface area contributed by atoms with Crippen LogP contribution in [0.2, 0.25) is 0 Å². The first-order valence-corrected chi connectivity index (χ1v) is 8.11. The highest BCUT2D eigenvalue weighted by atomic mass is 32.1. The average Bonchev–Trinajstić information content (AvgIpc) is 3.08. The van der Waals surface area contributed by atoms with Crippen molar-refractivity contribution in [3.63, 3.8) is 0 Å². The Labute approximate surface area is 132 Å². The van der Waals surface area contributed by atoms with Crippen molar-refractivity contribution < 1.29 is 14.3 Å². The molecule has 3 rings (SSSR count). The third kappa shape index (κ3) is 3.51. The zero-order chi connectivity index (χ0) is 15.5. The molecule has 6 heteroatoms. The molecule has 0 bridgehead atoms. The summed E-state index contributed by atoms with van der Waals surface area (Å²) in [6.45, 7) is 0. The fourth-order valence-corrected chi connectivity index (χ4v) is 3.59. The number of hydrogen-bond donors (Lipinski definition) is 2. The molecule has 2 atom stereocenters. The average molecular weight is 320 g/mol. The quantitative estimate of drug-likeness (QED) is 0.910. The highest BCUT2D eigenvalue weighted by molar-refractivity contribution is 7.15. The van der Waals surface area contributed by atoms with Crippen molar-refractivity contribution in [2.75, 3.05) is 5.32 Å². The van der Waals surface area contributed by atoms with Crippen LogP contribution in [0.15, 0.2) is 30.5 Å². The molecular weight excluding hydrogens is 303 g/mol. The van der Waals surface area contributed by atoms with Crippen LogP contribution >= 0.6 is 11.3 Å². The number of aromatic nitrogens is 1. The molecule has 1 aliphatic carbocycles. The predicted molar refractivity (Wildman–Crippen MR) is 83.3 cm³/mol. The molecule has 0 aliphatic heterocycles. The van der Waals surface area contributed by atoms with Gasteiger partial charge in [0.1, 0.15) is 5.82 Å². The van der Waals surface area contributed by atoms with E-state index in [1.807, 2.05) is 6.07 Å². The molecule has 22 heavy (non-hydrogen) atoms. The Morgan fingerprint density at radius 3 is 3.05 bits per heavy atom. The molecule has 1 aromatic heterocycles. The molecular formula is C16H17FN2O2S. The number of amides is 1.